The lowest BCUT2D eigenvalue weighted by Gasteiger charge is -2.10. The molecule has 0 radical (unpaired) electrons. The Labute approximate surface area is 176 Å². The molecule has 0 fully saturated rings. The van der Waals surface area contributed by atoms with Gasteiger partial charge in [0, 0.05) is 48.0 Å². The van der Waals surface area contributed by atoms with E-state index in [1.807, 2.05) is 24.3 Å². The van der Waals surface area contributed by atoms with Crippen LogP contribution in [0.15, 0.2) is 90.2 Å². The first-order valence-corrected chi connectivity index (χ1v) is 10.0. The molecular formula is C26H24N4. The minimum absolute atomic E-state index is 0.703. The second kappa shape index (κ2) is 9.14. The number of fused-ring (bicyclic) bond motifs is 1. The van der Waals surface area contributed by atoms with Crippen LogP contribution >= 0.6 is 0 Å². The maximum Gasteiger partial charge on any atom is 0.0705 e. The fourth-order valence-electron chi connectivity index (χ4n) is 3.49. The zero-order valence-electron chi connectivity index (χ0n) is 17.0. The number of rotatable bonds is 6. The van der Waals surface area contributed by atoms with Gasteiger partial charge in [-0.1, -0.05) is 48.5 Å². The zero-order chi connectivity index (χ0) is 20.8. The van der Waals surface area contributed by atoms with E-state index in [4.69, 9.17) is 10.7 Å². The number of aliphatic imine (C=N–C) groups is 1. The molecule has 2 heterocycles. The molecule has 30 heavy (non-hydrogen) atoms. The summed E-state index contributed by atoms with van der Waals surface area (Å²) in [5.41, 5.74) is 13.5. The predicted molar refractivity (Wildman–Crippen MR) is 125 cm³/mol. The van der Waals surface area contributed by atoms with E-state index < -0.39 is 0 Å². The SMILES string of the molecule is CN=CC(=C(N)c1ccc(CCc2ccc3ccccc3n2)cc1)c1ccncc1. The van der Waals surface area contributed by atoms with Crippen LogP contribution in [0.1, 0.15) is 22.4 Å². The van der Waals surface area contributed by atoms with E-state index in [0.29, 0.717) is 5.70 Å². The summed E-state index contributed by atoms with van der Waals surface area (Å²) in [6, 6.07) is 24.8. The van der Waals surface area contributed by atoms with E-state index in [-0.39, 0.29) is 0 Å². The summed E-state index contributed by atoms with van der Waals surface area (Å²) < 4.78 is 0. The van der Waals surface area contributed by atoms with E-state index in [2.05, 4.69) is 58.5 Å². The van der Waals surface area contributed by atoms with Crippen molar-refractivity contribution in [2.24, 2.45) is 10.7 Å². The molecule has 0 unspecified atom stereocenters. The van der Waals surface area contributed by atoms with E-state index in [9.17, 15) is 0 Å². The maximum atomic E-state index is 6.48. The van der Waals surface area contributed by atoms with Crippen LogP contribution in [0.4, 0.5) is 0 Å². The van der Waals surface area contributed by atoms with Crippen LogP contribution in [0.5, 0.6) is 0 Å². The molecule has 148 valence electrons. The molecule has 0 aliphatic carbocycles. The predicted octanol–water partition coefficient (Wildman–Crippen LogP) is 4.94. The third-order valence-electron chi connectivity index (χ3n) is 5.13. The number of hydrogen-bond donors (Lipinski definition) is 1. The van der Waals surface area contributed by atoms with Gasteiger partial charge in [-0.25, -0.2) is 0 Å². The summed E-state index contributed by atoms with van der Waals surface area (Å²) in [4.78, 5) is 13.0. The topological polar surface area (TPSA) is 64.2 Å². The number of benzene rings is 2. The molecule has 0 atom stereocenters. The first kappa shape index (κ1) is 19.5. The van der Waals surface area contributed by atoms with Crippen LogP contribution in [0, 0.1) is 0 Å². The molecular weight excluding hydrogens is 368 g/mol. The highest BCUT2D eigenvalue weighted by Gasteiger charge is 2.07. The molecule has 0 amide bonds. The van der Waals surface area contributed by atoms with Crippen LogP contribution in [0.25, 0.3) is 22.2 Å². The number of aryl methyl sites for hydroxylation is 2. The van der Waals surface area contributed by atoms with Crippen molar-refractivity contribution >= 4 is 28.4 Å². The van der Waals surface area contributed by atoms with E-state index in [0.717, 1.165) is 40.8 Å². The minimum Gasteiger partial charge on any atom is -0.398 e. The lowest BCUT2D eigenvalue weighted by atomic mass is 9.99. The number of nitrogens with zero attached hydrogens (tertiary/aromatic N) is 3. The summed E-state index contributed by atoms with van der Waals surface area (Å²) in [7, 11) is 1.75. The molecule has 0 saturated carbocycles. The summed E-state index contributed by atoms with van der Waals surface area (Å²) in [6.07, 6.45) is 7.15. The molecule has 0 aliphatic rings. The third kappa shape index (κ3) is 4.44. The summed E-state index contributed by atoms with van der Waals surface area (Å²) in [5.74, 6) is 0. The van der Waals surface area contributed by atoms with Crippen molar-refractivity contribution in [3.8, 4) is 0 Å². The Morgan fingerprint density at radius 3 is 2.40 bits per heavy atom. The molecule has 2 aromatic heterocycles. The third-order valence-corrected chi connectivity index (χ3v) is 5.13. The van der Waals surface area contributed by atoms with Gasteiger partial charge < -0.3 is 5.73 Å². The van der Waals surface area contributed by atoms with Crippen molar-refractivity contribution in [1.82, 2.24) is 9.97 Å². The van der Waals surface area contributed by atoms with Crippen LogP contribution in [-0.2, 0) is 12.8 Å². The minimum atomic E-state index is 0.703. The van der Waals surface area contributed by atoms with E-state index in [1.54, 1.807) is 25.7 Å². The van der Waals surface area contributed by atoms with Crippen LogP contribution in [0.2, 0.25) is 0 Å². The average Bonchev–Trinajstić information content (AvgIpc) is 2.81. The lowest BCUT2D eigenvalue weighted by molar-refractivity contribution is 0.922. The number of pyridine rings is 2. The van der Waals surface area contributed by atoms with Crippen LogP contribution < -0.4 is 5.73 Å². The molecule has 2 N–H and O–H groups in total. The molecule has 0 spiro atoms. The monoisotopic (exact) mass is 392 g/mol. The zero-order valence-corrected chi connectivity index (χ0v) is 17.0. The number of hydrogen-bond acceptors (Lipinski definition) is 4. The number of nitrogens with two attached hydrogens (primary N) is 1. The molecule has 4 nitrogen and oxygen atoms in total. The Balaban J connectivity index is 1.51. The van der Waals surface area contributed by atoms with Crippen molar-refractivity contribution in [3.63, 3.8) is 0 Å². The molecule has 0 saturated heterocycles. The second-order valence-electron chi connectivity index (χ2n) is 7.14. The largest absolute Gasteiger partial charge is 0.398 e. The van der Waals surface area contributed by atoms with Crippen molar-refractivity contribution < 1.29 is 0 Å². The van der Waals surface area contributed by atoms with Crippen molar-refractivity contribution in [2.75, 3.05) is 7.05 Å². The molecule has 0 bridgehead atoms. The normalized spacial score (nSPS) is 12.3. The van der Waals surface area contributed by atoms with Gasteiger partial charge in [0.25, 0.3) is 0 Å². The van der Waals surface area contributed by atoms with Gasteiger partial charge in [0.05, 0.1) is 5.52 Å². The quantitative estimate of drug-likeness (QED) is 0.473. The number of aromatic nitrogens is 2. The second-order valence-corrected chi connectivity index (χ2v) is 7.14. The highest BCUT2D eigenvalue weighted by Crippen LogP contribution is 2.22. The van der Waals surface area contributed by atoms with Gasteiger partial charge in [0.15, 0.2) is 0 Å². The van der Waals surface area contributed by atoms with Crippen LogP contribution in [0.3, 0.4) is 0 Å². The van der Waals surface area contributed by atoms with Crippen molar-refractivity contribution in [3.05, 3.63) is 108 Å². The van der Waals surface area contributed by atoms with Gasteiger partial charge in [-0.15, -0.1) is 0 Å². The fraction of sp³-hybridized carbons (Fsp3) is 0.115. The Hall–Kier alpha value is -3.79. The van der Waals surface area contributed by atoms with Crippen LogP contribution in [-0.4, -0.2) is 23.2 Å². The van der Waals surface area contributed by atoms with Crippen molar-refractivity contribution in [1.29, 1.82) is 0 Å². The van der Waals surface area contributed by atoms with Crippen molar-refractivity contribution in [2.45, 2.75) is 12.8 Å². The smallest absolute Gasteiger partial charge is 0.0705 e. The van der Waals surface area contributed by atoms with E-state index >= 15 is 0 Å². The molecule has 0 aliphatic heterocycles. The van der Waals surface area contributed by atoms with Gasteiger partial charge in [-0.05, 0) is 53.8 Å². The Morgan fingerprint density at radius 2 is 1.63 bits per heavy atom. The molecule has 4 rings (SSSR count). The molecule has 4 heteroatoms. The molecule has 2 aromatic carbocycles. The first-order chi connectivity index (χ1) is 14.7. The van der Waals surface area contributed by atoms with Gasteiger partial charge in [0.2, 0.25) is 0 Å². The fourth-order valence-corrected chi connectivity index (χ4v) is 3.49. The average molecular weight is 393 g/mol. The Kier molecular flexibility index (Phi) is 5.95. The molecule has 4 aromatic rings. The highest BCUT2D eigenvalue weighted by molar-refractivity contribution is 6.18. The highest BCUT2D eigenvalue weighted by atomic mass is 14.7. The lowest BCUT2D eigenvalue weighted by Crippen LogP contribution is -2.03. The standard InChI is InChI=1S/C26H24N4/c1-28-18-24(20-14-16-29-17-15-20)26(27)22-9-6-19(7-10-22)8-12-23-13-11-21-4-2-3-5-25(21)30-23/h2-7,9-11,13-18H,8,12,27H2,1H3. The number of para-hydroxylation sites is 1. The first-order valence-electron chi connectivity index (χ1n) is 10.0. The summed E-state index contributed by atoms with van der Waals surface area (Å²) >= 11 is 0. The number of allylic oxidation sites excluding steroid dienone is 1. The summed E-state index contributed by atoms with van der Waals surface area (Å²) in [6.45, 7) is 0. The van der Waals surface area contributed by atoms with E-state index in [1.165, 1.54) is 10.9 Å². The Bertz CT molecular complexity index is 1190. The summed E-state index contributed by atoms with van der Waals surface area (Å²) in [5, 5.41) is 1.17. The van der Waals surface area contributed by atoms with Gasteiger partial charge >= 0.3 is 0 Å². The van der Waals surface area contributed by atoms with Gasteiger partial charge in [-0.2, -0.15) is 0 Å². The van der Waals surface area contributed by atoms with Gasteiger partial charge in [-0.3, -0.25) is 15.0 Å². The van der Waals surface area contributed by atoms with Gasteiger partial charge in [0.1, 0.15) is 0 Å². The maximum absolute atomic E-state index is 6.48. The Morgan fingerprint density at radius 1 is 0.867 bits per heavy atom.